The average Bonchev–Trinajstić information content (AvgIpc) is 2.23. The summed E-state index contributed by atoms with van der Waals surface area (Å²) < 4.78 is 13.1. The number of nitrogens with two attached hydrogens (primary N) is 1. The molecule has 3 N–H and O–H groups in total. The van der Waals surface area contributed by atoms with E-state index in [0.717, 1.165) is 0 Å². The second-order valence-corrected chi connectivity index (χ2v) is 4.58. The molecule has 96 valence electrons. The van der Waals surface area contributed by atoms with Crippen molar-refractivity contribution in [2.24, 2.45) is 11.1 Å². The van der Waals surface area contributed by atoms with Crippen LogP contribution in [0.3, 0.4) is 0 Å². The highest BCUT2D eigenvalue weighted by atomic mass is 35.5. The summed E-state index contributed by atoms with van der Waals surface area (Å²) in [7, 11) is 0. The molecular formula is C11H15Cl2FN2O. The van der Waals surface area contributed by atoms with E-state index in [-0.39, 0.29) is 29.9 Å². The van der Waals surface area contributed by atoms with Crippen LogP contribution >= 0.6 is 24.0 Å². The van der Waals surface area contributed by atoms with Crippen molar-refractivity contribution in [2.75, 3.05) is 11.9 Å². The number of rotatable bonds is 3. The van der Waals surface area contributed by atoms with Gasteiger partial charge in [-0.1, -0.05) is 11.6 Å². The van der Waals surface area contributed by atoms with Gasteiger partial charge < -0.3 is 11.1 Å². The lowest BCUT2D eigenvalue weighted by Crippen LogP contribution is -2.37. The van der Waals surface area contributed by atoms with Crippen molar-refractivity contribution in [3.05, 3.63) is 29.0 Å². The molecule has 0 unspecified atom stereocenters. The van der Waals surface area contributed by atoms with E-state index in [1.54, 1.807) is 13.8 Å². The smallest absolute Gasteiger partial charge is 0.231 e. The van der Waals surface area contributed by atoms with Gasteiger partial charge in [0.1, 0.15) is 5.82 Å². The fourth-order valence-electron chi connectivity index (χ4n) is 0.967. The summed E-state index contributed by atoms with van der Waals surface area (Å²) in [6.07, 6.45) is 0. The van der Waals surface area contributed by atoms with E-state index in [9.17, 15) is 9.18 Å². The van der Waals surface area contributed by atoms with Gasteiger partial charge in [-0.3, -0.25) is 4.79 Å². The van der Waals surface area contributed by atoms with Gasteiger partial charge in [0.2, 0.25) is 5.91 Å². The minimum atomic E-state index is -0.684. The second kappa shape index (κ2) is 6.19. The Bertz CT molecular complexity index is 410. The first-order valence-electron chi connectivity index (χ1n) is 4.83. The van der Waals surface area contributed by atoms with Crippen molar-refractivity contribution in [3.63, 3.8) is 0 Å². The lowest BCUT2D eigenvalue weighted by molar-refractivity contribution is -0.123. The van der Waals surface area contributed by atoms with Gasteiger partial charge in [-0.15, -0.1) is 12.4 Å². The molecule has 0 aromatic heterocycles. The van der Waals surface area contributed by atoms with Gasteiger partial charge in [0.15, 0.2) is 0 Å². The molecule has 3 nitrogen and oxygen atoms in total. The molecule has 0 bridgehead atoms. The van der Waals surface area contributed by atoms with Crippen molar-refractivity contribution in [3.8, 4) is 0 Å². The Morgan fingerprint density at radius 1 is 1.53 bits per heavy atom. The molecule has 0 fully saturated rings. The van der Waals surface area contributed by atoms with Gasteiger partial charge in [-0.25, -0.2) is 4.39 Å². The van der Waals surface area contributed by atoms with Crippen LogP contribution in [0.2, 0.25) is 5.02 Å². The molecule has 1 aromatic rings. The van der Waals surface area contributed by atoms with Crippen molar-refractivity contribution in [1.29, 1.82) is 0 Å². The average molecular weight is 281 g/mol. The lowest BCUT2D eigenvalue weighted by atomic mass is 9.92. The zero-order chi connectivity index (χ0) is 12.3. The fraction of sp³-hybridized carbons (Fsp3) is 0.364. The lowest BCUT2D eigenvalue weighted by Gasteiger charge is -2.21. The highest BCUT2D eigenvalue weighted by Gasteiger charge is 2.25. The van der Waals surface area contributed by atoms with Crippen LogP contribution in [-0.4, -0.2) is 12.5 Å². The van der Waals surface area contributed by atoms with Crippen LogP contribution in [0.15, 0.2) is 18.2 Å². The van der Waals surface area contributed by atoms with Crippen molar-refractivity contribution in [1.82, 2.24) is 0 Å². The van der Waals surface area contributed by atoms with Crippen molar-refractivity contribution in [2.45, 2.75) is 13.8 Å². The zero-order valence-corrected chi connectivity index (χ0v) is 11.2. The van der Waals surface area contributed by atoms with E-state index in [1.807, 2.05) is 0 Å². The van der Waals surface area contributed by atoms with Crippen LogP contribution in [0.4, 0.5) is 10.1 Å². The normalized spacial score (nSPS) is 10.6. The number of anilines is 1. The number of halogens is 3. The predicted octanol–water partition coefficient (Wildman–Crippen LogP) is 2.82. The Balaban J connectivity index is 0.00000256. The standard InChI is InChI=1S/C11H14ClFN2O.ClH/c1-11(2,6-14)10(16)15-7-3-4-8(12)9(13)5-7;/h3-5H,6,14H2,1-2H3,(H,15,16);1H. The van der Waals surface area contributed by atoms with Gasteiger partial charge in [0.05, 0.1) is 10.4 Å². The van der Waals surface area contributed by atoms with Crippen LogP contribution in [0.5, 0.6) is 0 Å². The number of carbonyl (C=O) groups excluding carboxylic acids is 1. The molecular weight excluding hydrogens is 266 g/mol. The molecule has 1 amide bonds. The maximum atomic E-state index is 13.1. The molecule has 0 saturated heterocycles. The molecule has 0 saturated carbocycles. The molecule has 6 heteroatoms. The van der Waals surface area contributed by atoms with E-state index < -0.39 is 11.2 Å². The van der Waals surface area contributed by atoms with Crippen molar-refractivity contribution >= 4 is 35.6 Å². The number of benzene rings is 1. The highest BCUT2D eigenvalue weighted by molar-refractivity contribution is 6.30. The second-order valence-electron chi connectivity index (χ2n) is 4.17. The first-order valence-corrected chi connectivity index (χ1v) is 5.21. The minimum Gasteiger partial charge on any atom is -0.329 e. The number of hydrogen-bond acceptors (Lipinski definition) is 2. The summed E-state index contributed by atoms with van der Waals surface area (Å²) in [6.45, 7) is 3.65. The quantitative estimate of drug-likeness (QED) is 0.895. The minimum absolute atomic E-state index is 0. The van der Waals surface area contributed by atoms with E-state index in [4.69, 9.17) is 17.3 Å². The molecule has 0 aliphatic carbocycles. The van der Waals surface area contributed by atoms with Gasteiger partial charge in [0, 0.05) is 12.2 Å². The van der Waals surface area contributed by atoms with Gasteiger partial charge in [-0.2, -0.15) is 0 Å². The molecule has 0 aliphatic heterocycles. The summed E-state index contributed by atoms with van der Waals surface area (Å²) >= 11 is 5.53. The molecule has 1 aromatic carbocycles. The van der Waals surface area contributed by atoms with Gasteiger partial charge in [0.25, 0.3) is 0 Å². The largest absolute Gasteiger partial charge is 0.329 e. The number of amides is 1. The third-order valence-electron chi connectivity index (χ3n) is 2.30. The number of carbonyl (C=O) groups is 1. The molecule has 0 spiro atoms. The SMILES string of the molecule is CC(C)(CN)C(=O)Nc1ccc(Cl)c(F)c1.Cl. The van der Waals surface area contributed by atoms with Crippen LogP contribution in [-0.2, 0) is 4.79 Å². The number of hydrogen-bond donors (Lipinski definition) is 2. The maximum Gasteiger partial charge on any atom is 0.231 e. The predicted molar refractivity (Wildman–Crippen MR) is 70.1 cm³/mol. The van der Waals surface area contributed by atoms with E-state index >= 15 is 0 Å². The van der Waals surface area contributed by atoms with E-state index in [0.29, 0.717) is 5.69 Å². The third-order valence-corrected chi connectivity index (χ3v) is 2.61. The van der Waals surface area contributed by atoms with Crippen LogP contribution in [0.25, 0.3) is 0 Å². The summed E-state index contributed by atoms with van der Waals surface area (Å²) in [4.78, 5) is 11.7. The first-order chi connectivity index (χ1) is 7.36. The topological polar surface area (TPSA) is 55.1 Å². The summed E-state index contributed by atoms with van der Waals surface area (Å²) in [5.41, 5.74) is 5.14. The maximum absolute atomic E-state index is 13.1. The molecule has 0 heterocycles. The summed E-state index contributed by atoms with van der Waals surface area (Å²) in [5, 5.41) is 2.61. The third kappa shape index (κ3) is 4.15. The Labute approximate surface area is 111 Å². The fourth-order valence-corrected chi connectivity index (χ4v) is 1.08. The molecule has 0 atom stereocenters. The van der Waals surface area contributed by atoms with Crippen LogP contribution in [0.1, 0.15) is 13.8 Å². The van der Waals surface area contributed by atoms with Crippen LogP contribution < -0.4 is 11.1 Å². The highest BCUT2D eigenvalue weighted by Crippen LogP contribution is 2.21. The van der Waals surface area contributed by atoms with E-state index in [1.165, 1.54) is 18.2 Å². The van der Waals surface area contributed by atoms with Crippen LogP contribution in [0, 0.1) is 11.2 Å². The summed E-state index contributed by atoms with van der Waals surface area (Å²) in [6, 6.07) is 4.10. The molecule has 1 rings (SSSR count). The zero-order valence-electron chi connectivity index (χ0n) is 9.59. The Morgan fingerprint density at radius 3 is 2.59 bits per heavy atom. The molecule has 0 aliphatic rings. The summed E-state index contributed by atoms with van der Waals surface area (Å²) in [5.74, 6) is -0.818. The molecule has 0 radical (unpaired) electrons. The molecule has 17 heavy (non-hydrogen) atoms. The number of nitrogens with one attached hydrogen (secondary N) is 1. The van der Waals surface area contributed by atoms with Gasteiger partial charge in [-0.05, 0) is 32.0 Å². The first kappa shape index (κ1) is 16.2. The van der Waals surface area contributed by atoms with Gasteiger partial charge >= 0.3 is 0 Å². The Morgan fingerprint density at radius 2 is 2.12 bits per heavy atom. The van der Waals surface area contributed by atoms with E-state index in [2.05, 4.69) is 5.32 Å². The van der Waals surface area contributed by atoms with Crippen molar-refractivity contribution < 1.29 is 9.18 Å². The monoisotopic (exact) mass is 280 g/mol. The Hall–Kier alpha value is -0.840. The Kier molecular flexibility index (Phi) is 5.88.